The summed E-state index contributed by atoms with van der Waals surface area (Å²) in [5, 5.41) is 9.33. The molecule has 0 spiro atoms. The second-order valence-corrected chi connectivity index (χ2v) is 4.80. The van der Waals surface area contributed by atoms with Gasteiger partial charge in [0.15, 0.2) is 5.69 Å². The number of fused-ring (bicyclic) bond motifs is 1. The van der Waals surface area contributed by atoms with Crippen molar-refractivity contribution in [2.45, 2.75) is 0 Å². The first-order valence-electron chi connectivity index (χ1n) is 6.89. The van der Waals surface area contributed by atoms with Crippen LogP contribution in [0.3, 0.4) is 0 Å². The van der Waals surface area contributed by atoms with E-state index in [0.29, 0.717) is 12.3 Å². The van der Waals surface area contributed by atoms with E-state index in [9.17, 15) is 9.90 Å². The number of nitrogens with zero attached hydrogens (tertiary/aromatic N) is 3. The number of aromatic nitrogens is 2. The van der Waals surface area contributed by atoms with Crippen molar-refractivity contribution in [2.75, 3.05) is 39.5 Å². The van der Waals surface area contributed by atoms with Gasteiger partial charge in [0, 0.05) is 25.8 Å². The Bertz CT molecular complexity index is 634. The summed E-state index contributed by atoms with van der Waals surface area (Å²) >= 11 is 0. The number of ether oxygens (including phenoxy) is 2. The zero-order valence-corrected chi connectivity index (χ0v) is 11.6. The van der Waals surface area contributed by atoms with Crippen molar-refractivity contribution in [3.8, 4) is 5.88 Å². The fourth-order valence-corrected chi connectivity index (χ4v) is 2.37. The maximum absolute atomic E-state index is 11.4. The quantitative estimate of drug-likeness (QED) is 0.876. The topological polar surface area (TPSA) is 76.3 Å². The van der Waals surface area contributed by atoms with Gasteiger partial charge in [-0.3, -0.25) is 9.30 Å². The SMILES string of the molecule is O=C(O)c1c(OCCN2CCOCC2)nc2ccccn12. The Balaban J connectivity index is 1.71. The molecule has 0 atom stereocenters. The molecule has 2 aromatic heterocycles. The van der Waals surface area contributed by atoms with E-state index >= 15 is 0 Å². The molecule has 7 nitrogen and oxygen atoms in total. The molecule has 0 bridgehead atoms. The highest BCUT2D eigenvalue weighted by Crippen LogP contribution is 2.19. The summed E-state index contributed by atoms with van der Waals surface area (Å²) in [5.41, 5.74) is 0.629. The van der Waals surface area contributed by atoms with Crippen molar-refractivity contribution in [2.24, 2.45) is 0 Å². The Hall–Kier alpha value is -2.12. The van der Waals surface area contributed by atoms with Gasteiger partial charge in [-0.05, 0) is 12.1 Å². The van der Waals surface area contributed by atoms with Crippen LogP contribution in [0.25, 0.3) is 5.65 Å². The van der Waals surface area contributed by atoms with Crippen molar-refractivity contribution in [3.63, 3.8) is 0 Å². The Morgan fingerprint density at radius 3 is 2.95 bits per heavy atom. The van der Waals surface area contributed by atoms with Crippen LogP contribution in [0, 0.1) is 0 Å². The van der Waals surface area contributed by atoms with Crippen LogP contribution in [0.1, 0.15) is 10.5 Å². The third-order valence-corrected chi connectivity index (χ3v) is 3.45. The molecule has 0 aromatic carbocycles. The summed E-state index contributed by atoms with van der Waals surface area (Å²) in [4.78, 5) is 17.8. The minimum atomic E-state index is -1.05. The molecule has 3 heterocycles. The van der Waals surface area contributed by atoms with E-state index < -0.39 is 5.97 Å². The van der Waals surface area contributed by atoms with Crippen molar-refractivity contribution >= 4 is 11.6 Å². The minimum Gasteiger partial charge on any atom is -0.476 e. The number of pyridine rings is 1. The van der Waals surface area contributed by atoms with Gasteiger partial charge in [-0.2, -0.15) is 4.98 Å². The van der Waals surface area contributed by atoms with Gasteiger partial charge in [0.05, 0.1) is 13.2 Å². The number of carboxylic acids is 1. The molecule has 3 rings (SSSR count). The molecule has 7 heteroatoms. The molecule has 0 saturated carbocycles. The fourth-order valence-electron chi connectivity index (χ4n) is 2.37. The molecule has 2 aromatic rings. The van der Waals surface area contributed by atoms with E-state index in [1.165, 1.54) is 4.40 Å². The molecule has 1 fully saturated rings. The lowest BCUT2D eigenvalue weighted by Crippen LogP contribution is -2.38. The van der Waals surface area contributed by atoms with Crippen LogP contribution in [0.2, 0.25) is 0 Å². The molecule has 0 unspecified atom stereocenters. The van der Waals surface area contributed by atoms with Crippen LogP contribution in [0.15, 0.2) is 24.4 Å². The van der Waals surface area contributed by atoms with E-state index in [0.717, 1.165) is 32.8 Å². The van der Waals surface area contributed by atoms with Crippen molar-refractivity contribution in [1.82, 2.24) is 14.3 Å². The molecule has 112 valence electrons. The molecule has 0 radical (unpaired) electrons. The highest BCUT2D eigenvalue weighted by Gasteiger charge is 2.20. The maximum atomic E-state index is 11.4. The number of hydrogen-bond donors (Lipinski definition) is 1. The van der Waals surface area contributed by atoms with Crippen molar-refractivity contribution in [3.05, 3.63) is 30.1 Å². The molecular formula is C14H17N3O4. The van der Waals surface area contributed by atoms with Gasteiger partial charge in [0.25, 0.3) is 0 Å². The van der Waals surface area contributed by atoms with Crippen molar-refractivity contribution < 1.29 is 19.4 Å². The lowest BCUT2D eigenvalue weighted by atomic mass is 10.4. The summed E-state index contributed by atoms with van der Waals surface area (Å²) in [7, 11) is 0. The van der Waals surface area contributed by atoms with Crippen LogP contribution in [0.4, 0.5) is 0 Å². The molecule has 21 heavy (non-hydrogen) atoms. The predicted octanol–water partition coefficient (Wildman–Crippen LogP) is 0.743. The molecule has 0 amide bonds. The number of morpholine rings is 1. The Kier molecular flexibility index (Phi) is 4.03. The third kappa shape index (κ3) is 2.98. The van der Waals surface area contributed by atoms with Crippen LogP contribution in [0.5, 0.6) is 5.88 Å². The van der Waals surface area contributed by atoms with Gasteiger partial charge in [0.1, 0.15) is 12.3 Å². The predicted molar refractivity (Wildman–Crippen MR) is 74.9 cm³/mol. The number of rotatable bonds is 5. The first-order chi connectivity index (χ1) is 10.3. The van der Waals surface area contributed by atoms with Gasteiger partial charge < -0.3 is 14.6 Å². The average Bonchev–Trinajstić information content (AvgIpc) is 2.86. The summed E-state index contributed by atoms with van der Waals surface area (Å²) < 4.78 is 12.4. The van der Waals surface area contributed by atoms with Crippen LogP contribution < -0.4 is 4.74 Å². The Morgan fingerprint density at radius 2 is 2.19 bits per heavy atom. The second-order valence-electron chi connectivity index (χ2n) is 4.80. The van der Waals surface area contributed by atoms with E-state index in [1.54, 1.807) is 18.3 Å². The minimum absolute atomic E-state index is 0.0626. The maximum Gasteiger partial charge on any atom is 0.358 e. The highest BCUT2D eigenvalue weighted by atomic mass is 16.5. The van der Waals surface area contributed by atoms with E-state index in [2.05, 4.69) is 9.88 Å². The number of carboxylic acid groups (broad SMARTS) is 1. The van der Waals surface area contributed by atoms with Crippen LogP contribution >= 0.6 is 0 Å². The monoisotopic (exact) mass is 291 g/mol. The first-order valence-corrected chi connectivity index (χ1v) is 6.89. The number of aromatic carboxylic acids is 1. The van der Waals surface area contributed by atoms with Gasteiger partial charge in [-0.1, -0.05) is 6.07 Å². The summed E-state index contributed by atoms with van der Waals surface area (Å²) in [5.74, 6) is -0.878. The molecule has 0 aliphatic carbocycles. The number of hydrogen-bond acceptors (Lipinski definition) is 5. The Labute approximate surface area is 121 Å². The van der Waals surface area contributed by atoms with Crippen LogP contribution in [-0.4, -0.2) is 64.8 Å². The van der Waals surface area contributed by atoms with E-state index in [-0.39, 0.29) is 11.6 Å². The third-order valence-electron chi connectivity index (χ3n) is 3.45. The molecule has 1 saturated heterocycles. The van der Waals surface area contributed by atoms with E-state index in [4.69, 9.17) is 9.47 Å². The molecule has 1 aliphatic heterocycles. The first kappa shape index (κ1) is 13.8. The summed E-state index contributed by atoms with van der Waals surface area (Å²) in [6, 6.07) is 5.32. The number of carbonyl (C=O) groups is 1. The largest absolute Gasteiger partial charge is 0.476 e. The number of imidazole rings is 1. The van der Waals surface area contributed by atoms with E-state index in [1.807, 2.05) is 6.07 Å². The molecule has 1 aliphatic rings. The average molecular weight is 291 g/mol. The summed E-state index contributed by atoms with van der Waals surface area (Å²) in [6.07, 6.45) is 1.67. The van der Waals surface area contributed by atoms with Gasteiger partial charge in [-0.25, -0.2) is 4.79 Å². The standard InChI is InChI=1S/C14H17N3O4/c18-14(19)12-13(15-11-3-1-2-4-17(11)12)21-10-7-16-5-8-20-9-6-16/h1-4H,5-10H2,(H,18,19). The molecular weight excluding hydrogens is 274 g/mol. The Morgan fingerprint density at radius 1 is 1.38 bits per heavy atom. The highest BCUT2D eigenvalue weighted by molar-refractivity contribution is 5.89. The van der Waals surface area contributed by atoms with Gasteiger partial charge in [-0.15, -0.1) is 0 Å². The zero-order chi connectivity index (χ0) is 14.7. The molecule has 1 N–H and O–H groups in total. The summed E-state index contributed by atoms with van der Waals surface area (Å²) in [6.45, 7) is 4.35. The second kappa shape index (κ2) is 6.11. The van der Waals surface area contributed by atoms with Crippen molar-refractivity contribution in [1.29, 1.82) is 0 Å². The normalized spacial score (nSPS) is 16.2. The lowest BCUT2D eigenvalue weighted by molar-refractivity contribution is 0.0319. The lowest BCUT2D eigenvalue weighted by Gasteiger charge is -2.26. The smallest absolute Gasteiger partial charge is 0.358 e. The van der Waals surface area contributed by atoms with Gasteiger partial charge in [0.2, 0.25) is 5.88 Å². The fraction of sp³-hybridized carbons (Fsp3) is 0.429. The van der Waals surface area contributed by atoms with Crippen LogP contribution in [-0.2, 0) is 4.74 Å². The van der Waals surface area contributed by atoms with Gasteiger partial charge >= 0.3 is 5.97 Å². The zero-order valence-electron chi connectivity index (χ0n) is 11.6.